The van der Waals surface area contributed by atoms with Gasteiger partial charge in [0.05, 0.1) is 6.54 Å². The zero-order chi connectivity index (χ0) is 9.40. The van der Waals surface area contributed by atoms with Crippen LogP contribution in [0.25, 0.3) is 0 Å². The van der Waals surface area contributed by atoms with Crippen LogP contribution in [-0.2, 0) is 4.79 Å². The van der Waals surface area contributed by atoms with Crippen LogP contribution in [0.4, 0.5) is 0 Å². The molecule has 0 spiro atoms. The molecule has 0 aliphatic carbocycles. The molecule has 1 amide bonds. The fourth-order valence-corrected chi connectivity index (χ4v) is 1.04. The molecule has 12 heavy (non-hydrogen) atoms. The van der Waals surface area contributed by atoms with Crippen molar-refractivity contribution in [2.75, 3.05) is 13.1 Å². The maximum atomic E-state index is 11.4. The summed E-state index contributed by atoms with van der Waals surface area (Å²) in [6.45, 7) is 5.27. The molecular formula is C10H17NO. The van der Waals surface area contributed by atoms with Crippen LogP contribution in [0.5, 0.6) is 0 Å². The average Bonchev–Trinajstić information content (AvgIpc) is 2.04. The van der Waals surface area contributed by atoms with Crippen molar-refractivity contribution in [3.8, 4) is 12.3 Å². The molecule has 0 saturated heterocycles. The van der Waals surface area contributed by atoms with Crippen LogP contribution in [0.1, 0.15) is 33.1 Å². The summed E-state index contributed by atoms with van der Waals surface area (Å²) >= 11 is 0. The highest BCUT2D eigenvalue weighted by atomic mass is 16.2. The summed E-state index contributed by atoms with van der Waals surface area (Å²) in [7, 11) is 0. The first kappa shape index (κ1) is 11.0. The molecular weight excluding hydrogens is 150 g/mol. The first-order valence-electron chi connectivity index (χ1n) is 4.47. The van der Waals surface area contributed by atoms with Gasteiger partial charge in [0.25, 0.3) is 0 Å². The summed E-state index contributed by atoms with van der Waals surface area (Å²) in [4.78, 5) is 13.1. The van der Waals surface area contributed by atoms with Crippen LogP contribution in [-0.4, -0.2) is 23.9 Å². The van der Waals surface area contributed by atoms with Gasteiger partial charge in [-0.15, -0.1) is 6.42 Å². The predicted octanol–water partition coefficient (Wildman–Crippen LogP) is 1.66. The van der Waals surface area contributed by atoms with E-state index in [1.165, 1.54) is 0 Å². The number of carbonyl (C=O) groups is 1. The largest absolute Gasteiger partial charge is 0.332 e. The minimum atomic E-state index is 0.178. The van der Waals surface area contributed by atoms with Gasteiger partial charge in [-0.25, -0.2) is 0 Å². The van der Waals surface area contributed by atoms with Crippen LogP contribution >= 0.6 is 0 Å². The van der Waals surface area contributed by atoms with Crippen LogP contribution < -0.4 is 0 Å². The lowest BCUT2D eigenvalue weighted by atomic mass is 10.3. The first-order chi connectivity index (χ1) is 5.76. The van der Waals surface area contributed by atoms with E-state index in [2.05, 4.69) is 5.92 Å². The highest BCUT2D eigenvalue weighted by molar-refractivity contribution is 5.76. The smallest absolute Gasteiger partial charge is 0.223 e. The van der Waals surface area contributed by atoms with E-state index >= 15 is 0 Å². The second kappa shape index (κ2) is 6.72. The molecule has 0 heterocycles. The van der Waals surface area contributed by atoms with E-state index in [0.29, 0.717) is 13.0 Å². The number of carbonyl (C=O) groups excluding carboxylic acids is 1. The first-order valence-corrected chi connectivity index (χ1v) is 4.47. The minimum absolute atomic E-state index is 0.178. The summed E-state index contributed by atoms with van der Waals surface area (Å²) in [5.41, 5.74) is 0. The molecule has 0 N–H and O–H groups in total. The molecule has 0 rings (SSSR count). The Balaban J connectivity index is 3.92. The molecule has 0 bridgehead atoms. The fourth-order valence-electron chi connectivity index (χ4n) is 1.04. The summed E-state index contributed by atoms with van der Waals surface area (Å²) in [5.74, 6) is 2.68. The summed E-state index contributed by atoms with van der Waals surface area (Å²) in [5, 5.41) is 0. The van der Waals surface area contributed by atoms with E-state index in [0.717, 1.165) is 19.4 Å². The summed E-state index contributed by atoms with van der Waals surface area (Å²) in [6.07, 6.45) is 7.62. The van der Waals surface area contributed by atoms with Crippen molar-refractivity contribution >= 4 is 5.91 Å². The van der Waals surface area contributed by atoms with E-state index in [-0.39, 0.29) is 5.91 Å². The Kier molecular flexibility index (Phi) is 6.18. The van der Waals surface area contributed by atoms with E-state index in [4.69, 9.17) is 6.42 Å². The van der Waals surface area contributed by atoms with Gasteiger partial charge in [0.1, 0.15) is 0 Å². The Hall–Kier alpha value is -0.970. The van der Waals surface area contributed by atoms with Crippen molar-refractivity contribution in [1.82, 2.24) is 4.90 Å². The molecule has 0 atom stereocenters. The van der Waals surface area contributed by atoms with Crippen molar-refractivity contribution in [3.63, 3.8) is 0 Å². The minimum Gasteiger partial charge on any atom is -0.332 e. The monoisotopic (exact) mass is 167 g/mol. The second-order valence-electron chi connectivity index (χ2n) is 2.77. The van der Waals surface area contributed by atoms with Gasteiger partial charge < -0.3 is 4.90 Å². The predicted molar refractivity (Wildman–Crippen MR) is 50.6 cm³/mol. The fraction of sp³-hybridized carbons (Fsp3) is 0.700. The zero-order valence-corrected chi connectivity index (χ0v) is 7.97. The van der Waals surface area contributed by atoms with Crippen molar-refractivity contribution in [2.45, 2.75) is 33.1 Å². The van der Waals surface area contributed by atoms with E-state index in [9.17, 15) is 4.79 Å². The molecule has 0 aliphatic rings. The van der Waals surface area contributed by atoms with Crippen molar-refractivity contribution in [1.29, 1.82) is 0 Å². The third-order valence-electron chi connectivity index (χ3n) is 1.59. The Bertz CT molecular complexity index is 169. The van der Waals surface area contributed by atoms with E-state index in [1.807, 2.05) is 13.8 Å². The van der Waals surface area contributed by atoms with Gasteiger partial charge in [0, 0.05) is 13.0 Å². The number of terminal acetylenes is 1. The van der Waals surface area contributed by atoms with Crippen molar-refractivity contribution < 1.29 is 4.79 Å². The van der Waals surface area contributed by atoms with Gasteiger partial charge in [-0.2, -0.15) is 0 Å². The topological polar surface area (TPSA) is 20.3 Å². The highest BCUT2D eigenvalue weighted by Gasteiger charge is 2.08. The molecule has 0 unspecified atom stereocenters. The molecule has 0 aromatic carbocycles. The highest BCUT2D eigenvalue weighted by Crippen LogP contribution is 1.98. The third kappa shape index (κ3) is 4.02. The zero-order valence-electron chi connectivity index (χ0n) is 7.97. The number of nitrogens with zero attached hydrogens (tertiary/aromatic N) is 1. The average molecular weight is 167 g/mol. The maximum Gasteiger partial charge on any atom is 0.223 e. The summed E-state index contributed by atoms with van der Waals surface area (Å²) in [6, 6.07) is 0. The summed E-state index contributed by atoms with van der Waals surface area (Å²) < 4.78 is 0. The molecule has 0 aromatic rings. The van der Waals surface area contributed by atoms with Crippen LogP contribution in [0, 0.1) is 12.3 Å². The number of rotatable bonds is 5. The number of amides is 1. The second-order valence-corrected chi connectivity index (χ2v) is 2.77. The standard InChI is InChI=1S/C10H17NO/c1-4-7-10(12)11(8-5-2)9-6-3/h2H,4,6-9H2,1,3H3. The Morgan fingerprint density at radius 1 is 1.42 bits per heavy atom. The van der Waals surface area contributed by atoms with E-state index < -0.39 is 0 Å². The molecule has 2 heteroatoms. The van der Waals surface area contributed by atoms with E-state index in [1.54, 1.807) is 4.90 Å². The quantitative estimate of drug-likeness (QED) is 0.570. The van der Waals surface area contributed by atoms with Crippen LogP contribution in [0.2, 0.25) is 0 Å². The van der Waals surface area contributed by atoms with Crippen LogP contribution in [0.15, 0.2) is 0 Å². The van der Waals surface area contributed by atoms with Gasteiger partial charge in [0.15, 0.2) is 0 Å². The Labute approximate surface area is 74.9 Å². The maximum absolute atomic E-state index is 11.4. The Morgan fingerprint density at radius 3 is 2.50 bits per heavy atom. The third-order valence-corrected chi connectivity index (χ3v) is 1.59. The molecule has 0 aromatic heterocycles. The SMILES string of the molecule is C#CCN(CCC)C(=O)CCC. The van der Waals surface area contributed by atoms with Crippen molar-refractivity contribution in [3.05, 3.63) is 0 Å². The van der Waals surface area contributed by atoms with Gasteiger partial charge in [-0.1, -0.05) is 19.8 Å². The lowest BCUT2D eigenvalue weighted by Gasteiger charge is -2.18. The Morgan fingerprint density at radius 2 is 2.08 bits per heavy atom. The number of hydrogen-bond acceptors (Lipinski definition) is 1. The lowest BCUT2D eigenvalue weighted by Crippen LogP contribution is -2.31. The normalized spacial score (nSPS) is 9.08. The molecule has 0 fully saturated rings. The lowest BCUT2D eigenvalue weighted by molar-refractivity contribution is -0.130. The molecule has 0 radical (unpaired) electrons. The van der Waals surface area contributed by atoms with Gasteiger partial charge >= 0.3 is 0 Å². The molecule has 68 valence electrons. The molecule has 0 aliphatic heterocycles. The van der Waals surface area contributed by atoms with Gasteiger partial charge in [-0.3, -0.25) is 4.79 Å². The molecule has 2 nitrogen and oxygen atoms in total. The number of hydrogen-bond donors (Lipinski definition) is 0. The van der Waals surface area contributed by atoms with Crippen molar-refractivity contribution in [2.24, 2.45) is 0 Å². The van der Waals surface area contributed by atoms with Gasteiger partial charge in [-0.05, 0) is 12.8 Å². The van der Waals surface area contributed by atoms with Gasteiger partial charge in [0.2, 0.25) is 5.91 Å². The van der Waals surface area contributed by atoms with Crippen LogP contribution in [0.3, 0.4) is 0 Å². The molecule has 0 saturated carbocycles.